The van der Waals surface area contributed by atoms with Crippen LogP contribution in [0.5, 0.6) is 5.75 Å². The standard InChI is InChI=1S/C14H21NO3/c1-10(2)18-14(16)9-15-11(3)12-5-7-13(17-4)8-6-12/h5-8,10-11,15H,9H2,1-4H3. The second kappa shape index (κ2) is 7.01. The van der Waals surface area contributed by atoms with E-state index in [4.69, 9.17) is 9.47 Å². The van der Waals surface area contributed by atoms with Gasteiger partial charge in [0.2, 0.25) is 0 Å². The van der Waals surface area contributed by atoms with E-state index in [1.807, 2.05) is 45.0 Å². The molecule has 0 spiro atoms. The zero-order chi connectivity index (χ0) is 13.5. The highest BCUT2D eigenvalue weighted by Crippen LogP contribution is 2.16. The van der Waals surface area contributed by atoms with Crippen molar-refractivity contribution in [3.05, 3.63) is 29.8 Å². The quantitative estimate of drug-likeness (QED) is 0.788. The molecule has 0 fully saturated rings. The van der Waals surface area contributed by atoms with E-state index in [1.165, 1.54) is 0 Å². The van der Waals surface area contributed by atoms with Crippen LogP contribution in [0.3, 0.4) is 0 Å². The topological polar surface area (TPSA) is 47.6 Å². The summed E-state index contributed by atoms with van der Waals surface area (Å²) in [4.78, 5) is 11.4. The number of hydrogen-bond acceptors (Lipinski definition) is 4. The molecule has 1 rings (SSSR count). The molecule has 0 amide bonds. The number of nitrogens with one attached hydrogen (secondary N) is 1. The molecule has 4 nitrogen and oxygen atoms in total. The summed E-state index contributed by atoms with van der Waals surface area (Å²) in [5, 5.41) is 3.13. The summed E-state index contributed by atoms with van der Waals surface area (Å²) in [6, 6.07) is 7.85. The number of hydrogen-bond donors (Lipinski definition) is 1. The molecule has 1 N–H and O–H groups in total. The number of methoxy groups -OCH3 is 1. The molecule has 1 atom stereocenters. The Balaban J connectivity index is 2.44. The van der Waals surface area contributed by atoms with Crippen molar-refractivity contribution in [2.75, 3.05) is 13.7 Å². The van der Waals surface area contributed by atoms with Crippen molar-refractivity contribution in [1.29, 1.82) is 0 Å². The van der Waals surface area contributed by atoms with Crippen LogP contribution in [0, 0.1) is 0 Å². The minimum Gasteiger partial charge on any atom is -0.497 e. The maximum Gasteiger partial charge on any atom is 0.320 e. The van der Waals surface area contributed by atoms with E-state index in [9.17, 15) is 4.79 Å². The highest BCUT2D eigenvalue weighted by atomic mass is 16.5. The summed E-state index contributed by atoms with van der Waals surface area (Å²) in [6.07, 6.45) is -0.0735. The van der Waals surface area contributed by atoms with Crippen LogP contribution in [0.25, 0.3) is 0 Å². The van der Waals surface area contributed by atoms with Crippen molar-refractivity contribution in [2.45, 2.75) is 32.9 Å². The molecule has 1 aromatic carbocycles. The second-order valence-electron chi connectivity index (χ2n) is 4.41. The molecule has 0 heterocycles. The Hall–Kier alpha value is -1.55. The first kappa shape index (κ1) is 14.5. The number of carbonyl (C=O) groups is 1. The highest BCUT2D eigenvalue weighted by molar-refractivity contribution is 5.71. The molecule has 0 aliphatic heterocycles. The summed E-state index contributed by atoms with van der Waals surface area (Å²) in [6.45, 7) is 5.89. The lowest BCUT2D eigenvalue weighted by Gasteiger charge is -2.15. The zero-order valence-electron chi connectivity index (χ0n) is 11.4. The SMILES string of the molecule is COc1ccc(C(C)NCC(=O)OC(C)C)cc1. The summed E-state index contributed by atoms with van der Waals surface area (Å²) in [5.41, 5.74) is 1.10. The van der Waals surface area contributed by atoms with Gasteiger partial charge in [-0.25, -0.2) is 0 Å². The lowest BCUT2D eigenvalue weighted by Crippen LogP contribution is -2.28. The monoisotopic (exact) mass is 251 g/mol. The van der Waals surface area contributed by atoms with Crippen molar-refractivity contribution >= 4 is 5.97 Å². The number of ether oxygens (including phenoxy) is 2. The molecule has 0 aromatic heterocycles. The van der Waals surface area contributed by atoms with E-state index >= 15 is 0 Å². The van der Waals surface area contributed by atoms with E-state index in [0.717, 1.165) is 11.3 Å². The Bertz CT molecular complexity index is 373. The first-order valence-electron chi connectivity index (χ1n) is 6.09. The Labute approximate surface area is 108 Å². The largest absolute Gasteiger partial charge is 0.497 e. The van der Waals surface area contributed by atoms with Gasteiger partial charge < -0.3 is 14.8 Å². The molecular formula is C14H21NO3. The molecule has 0 radical (unpaired) electrons. The molecule has 18 heavy (non-hydrogen) atoms. The third kappa shape index (κ3) is 4.75. The molecule has 0 bridgehead atoms. The van der Waals surface area contributed by atoms with Gasteiger partial charge in [0.1, 0.15) is 5.75 Å². The highest BCUT2D eigenvalue weighted by Gasteiger charge is 2.09. The predicted molar refractivity (Wildman–Crippen MR) is 70.6 cm³/mol. The van der Waals surface area contributed by atoms with Crippen LogP contribution in [0.15, 0.2) is 24.3 Å². The third-order valence-electron chi connectivity index (χ3n) is 2.54. The van der Waals surface area contributed by atoms with Gasteiger partial charge in [-0.2, -0.15) is 0 Å². The van der Waals surface area contributed by atoms with Gasteiger partial charge in [0.05, 0.1) is 19.8 Å². The molecule has 0 saturated heterocycles. The minimum absolute atomic E-state index is 0.0735. The number of carbonyl (C=O) groups excluding carboxylic acids is 1. The van der Waals surface area contributed by atoms with Crippen molar-refractivity contribution in [2.24, 2.45) is 0 Å². The van der Waals surface area contributed by atoms with Crippen LogP contribution in [-0.4, -0.2) is 25.7 Å². The van der Waals surface area contributed by atoms with E-state index in [2.05, 4.69) is 5.32 Å². The average molecular weight is 251 g/mol. The summed E-state index contributed by atoms with van der Waals surface area (Å²) in [5.74, 6) is 0.593. The van der Waals surface area contributed by atoms with Crippen LogP contribution in [0.2, 0.25) is 0 Å². The molecule has 0 aliphatic rings. The van der Waals surface area contributed by atoms with Crippen LogP contribution in [0.1, 0.15) is 32.4 Å². The van der Waals surface area contributed by atoms with Gasteiger partial charge in [0.25, 0.3) is 0 Å². The fourth-order valence-electron chi connectivity index (χ4n) is 1.55. The summed E-state index contributed by atoms with van der Waals surface area (Å²) >= 11 is 0. The smallest absolute Gasteiger partial charge is 0.320 e. The third-order valence-corrected chi connectivity index (χ3v) is 2.54. The molecule has 100 valence electrons. The molecular weight excluding hydrogens is 230 g/mol. The van der Waals surface area contributed by atoms with Gasteiger partial charge in [0.15, 0.2) is 0 Å². The fraction of sp³-hybridized carbons (Fsp3) is 0.500. The molecule has 1 aromatic rings. The van der Waals surface area contributed by atoms with Crippen molar-refractivity contribution in [3.8, 4) is 5.75 Å². The normalized spacial score (nSPS) is 12.3. The zero-order valence-corrected chi connectivity index (χ0v) is 11.4. The minimum atomic E-state index is -0.231. The van der Waals surface area contributed by atoms with E-state index in [-0.39, 0.29) is 24.7 Å². The van der Waals surface area contributed by atoms with Gasteiger partial charge in [-0.1, -0.05) is 12.1 Å². The molecule has 1 unspecified atom stereocenters. The van der Waals surface area contributed by atoms with Gasteiger partial charge >= 0.3 is 5.97 Å². The van der Waals surface area contributed by atoms with Crippen LogP contribution in [-0.2, 0) is 9.53 Å². The van der Waals surface area contributed by atoms with Gasteiger partial charge in [-0.05, 0) is 38.5 Å². The Kier molecular flexibility index (Phi) is 5.65. The van der Waals surface area contributed by atoms with Gasteiger partial charge in [0, 0.05) is 6.04 Å². The first-order valence-corrected chi connectivity index (χ1v) is 6.09. The van der Waals surface area contributed by atoms with Gasteiger partial charge in [-0.3, -0.25) is 4.79 Å². The number of benzene rings is 1. The molecule has 0 aliphatic carbocycles. The fourth-order valence-corrected chi connectivity index (χ4v) is 1.55. The maximum absolute atomic E-state index is 11.4. The number of rotatable bonds is 6. The van der Waals surface area contributed by atoms with Crippen molar-refractivity contribution < 1.29 is 14.3 Å². The van der Waals surface area contributed by atoms with Gasteiger partial charge in [-0.15, -0.1) is 0 Å². The lowest BCUT2D eigenvalue weighted by atomic mass is 10.1. The van der Waals surface area contributed by atoms with E-state index in [0.29, 0.717) is 0 Å². The first-order chi connectivity index (χ1) is 8.52. The Morgan fingerprint density at radius 3 is 2.33 bits per heavy atom. The van der Waals surface area contributed by atoms with Crippen LogP contribution >= 0.6 is 0 Å². The Morgan fingerprint density at radius 1 is 1.22 bits per heavy atom. The van der Waals surface area contributed by atoms with Crippen molar-refractivity contribution in [1.82, 2.24) is 5.32 Å². The van der Waals surface area contributed by atoms with Crippen LogP contribution < -0.4 is 10.1 Å². The Morgan fingerprint density at radius 2 is 1.83 bits per heavy atom. The average Bonchev–Trinajstić information content (AvgIpc) is 2.35. The predicted octanol–water partition coefficient (Wildman–Crippen LogP) is 2.30. The van der Waals surface area contributed by atoms with Crippen LogP contribution in [0.4, 0.5) is 0 Å². The summed E-state index contributed by atoms with van der Waals surface area (Å²) < 4.78 is 10.1. The summed E-state index contributed by atoms with van der Waals surface area (Å²) in [7, 11) is 1.64. The maximum atomic E-state index is 11.4. The molecule has 4 heteroatoms. The van der Waals surface area contributed by atoms with E-state index < -0.39 is 0 Å². The van der Waals surface area contributed by atoms with Crippen molar-refractivity contribution in [3.63, 3.8) is 0 Å². The number of esters is 1. The van der Waals surface area contributed by atoms with E-state index in [1.54, 1.807) is 7.11 Å². The molecule has 0 saturated carbocycles. The second-order valence-corrected chi connectivity index (χ2v) is 4.41. The lowest BCUT2D eigenvalue weighted by molar-refractivity contribution is -0.146.